The number of nitrogens with one attached hydrogen (secondary N) is 2. The first kappa shape index (κ1) is 12.3. The van der Waals surface area contributed by atoms with E-state index in [9.17, 15) is 0 Å². The summed E-state index contributed by atoms with van der Waals surface area (Å²) in [6, 6.07) is 16.1. The molecule has 0 radical (unpaired) electrons. The molecular formula is C15H18N2O. The molecule has 0 saturated heterocycles. The molecule has 0 aliphatic carbocycles. The van der Waals surface area contributed by atoms with Crippen LogP contribution in [0.15, 0.2) is 48.5 Å². The van der Waals surface area contributed by atoms with Crippen LogP contribution in [0.1, 0.15) is 6.92 Å². The molecule has 0 fully saturated rings. The maximum Gasteiger partial charge on any atom is 0.142 e. The Morgan fingerprint density at radius 3 is 2.28 bits per heavy atom. The average Bonchev–Trinajstić information content (AvgIpc) is 2.42. The van der Waals surface area contributed by atoms with E-state index >= 15 is 0 Å². The summed E-state index contributed by atoms with van der Waals surface area (Å²) in [5.74, 6) is 0.873. The molecule has 0 spiro atoms. The van der Waals surface area contributed by atoms with E-state index in [1.54, 1.807) is 0 Å². The van der Waals surface area contributed by atoms with E-state index in [-0.39, 0.29) is 0 Å². The van der Waals surface area contributed by atoms with Crippen LogP contribution in [0.2, 0.25) is 0 Å². The maximum atomic E-state index is 5.58. The molecule has 0 amide bonds. The molecule has 18 heavy (non-hydrogen) atoms. The highest BCUT2D eigenvalue weighted by Crippen LogP contribution is 2.27. The minimum absolute atomic E-state index is 0.664. The standard InChI is InChI=1S/C15H18N2O/c1-3-18-15-7-5-4-6-14(15)17-13-10-8-12(16-2)9-11-13/h4-11,16-17H,3H2,1-2H3. The second kappa shape index (κ2) is 5.96. The molecule has 94 valence electrons. The van der Waals surface area contributed by atoms with Gasteiger partial charge in [0.15, 0.2) is 0 Å². The summed E-state index contributed by atoms with van der Waals surface area (Å²) in [6.07, 6.45) is 0. The van der Waals surface area contributed by atoms with Gasteiger partial charge in [0, 0.05) is 18.4 Å². The molecule has 0 heterocycles. The lowest BCUT2D eigenvalue weighted by Crippen LogP contribution is -1.97. The first-order chi connectivity index (χ1) is 8.83. The molecule has 0 bridgehead atoms. The van der Waals surface area contributed by atoms with Crippen molar-refractivity contribution < 1.29 is 4.74 Å². The van der Waals surface area contributed by atoms with Gasteiger partial charge in [-0.1, -0.05) is 12.1 Å². The number of benzene rings is 2. The number of anilines is 3. The highest BCUT2D eigenvalue weighted by molar-refractivity contribution is 5.67. The lowest BCUT2D eigenvalue weighted by atomic mass is 10.2. The topological polar surface area (TPSA) is 33.3 Å². The number of para-hydroxylation sites is 2. The fourth-order valence-electron chi connectivity index (χ4n) is 1.73. The van der Waals surface area contributed by atoms with Crippen molar-refractivity contribution in [1.29, 1.82) is 0 Å². The Bertz CT molecular complexity index is 494. The predicted molar refractivity (Wildman–Crippen MR) is 76.9 cm³/mol. The highest BCUT2D eigenvalue weighted by atomic mass is 16.5. The average molecular weight is 242 g/mol. The van der Waals surface area contributed by atoms with Gasteiger partial charge in [-0.25, -0.2) is 0 Å². The first-order valence-corrected chi connectivity index (χ1v) is 6.10. The van der Waals surface area contributed by atoms with E-state index in [1.807, 2.05) is 62.5 Å². The van der Waals surface area contributed by atoms with Gasteiger partial charge in [-0.3, -0.25) is 0 Å². The van der Waals surface area contributed by atoms with Crippen molar-refractivity contribution in [3.63, 3.8) is 0 Å². The highest BCUT2D eigenvalue weighted by Gasteiger charge is 2.02. The minimum atomic E-state index is 0.664. The molecule has 2 rings (SSSR count). The van der Waals surface area contributed by atoms with Crippen LogP contribution in [0.25, 0.3) is 0 Å². The summed E-state index contributed by atoms with van der Waals surface area (Å²) in [5, 5.41) is 6.45. The Morgan fingerprint density at radius 2 is 1.61 bits per heavy atom. The van der Waals surface area contributed by atoms with E-state index < -0.39 is 0 Å². The third-order valence-corrected chi connectivity index (χ3v) is 2.64. The smallest absolute Gasteiger partial charge is 0.142 e. The van der Waals surface area contributed by atoms with E-state index in [0.29, 0.717) is 6.61 Å². The fourth-order valence-corrected chi connectivity index (χ4v) is 1.73. The Balaban J connectivity index is 2.17. The van der Waals surface area contributed by atoms with Crippen molar-refractivity contribution in [3.05, 3.63) is 48.5 Å². The van der Waals surface area contributed by atoms with Crippen LogP contribution in [0.5, 0.6) is 5.75 Å². The summed E-state index contributed by atoms with van der Waals surface area (Å²) < 4.78 is 5.58. The van der Waals surface area contributed by atoms with Crippen LogP contribution in [0, 0.1) is 0 Å². The molecular weight excluding hydrogens is 224 g/mol. The third kappa shape index (κ3) is 2.94. The summed E-state index contributed by atoms with van der Waals surface area (Å²) >= 11 is 0. The molecule has 0 aliphatic heterocycles. The molecule has 0 aliphatic rings. The lowest BCUT2D eigenvalue weighted by Gasteiger charge is -2.12. The molecule has 2 N–H and O–H groups in total. The van der Waals surface area contributed by atoms with Crippen molar-refractivity contribution in [2.75, 3.05) is 24.3 Å². The molecule has 0 saturated carbocycles. The largest absolute Gasteiger partial charge is 0.492 e. The van der Waals surface area contributed by atoms with Crippen LogP contribution in [0.3, 0.4) is 0 Å². The Labute approximate surface area is 108 Å². The number of ether oxygens (including phenoxy) is 1. The zero-order valence-electron chi connectivity index (χ0n) is 10.7. The van der Waals surface area contributed by atoms with Gasteiger partial charge in [-0.15, -0.1) is 0 Å². The predicted octanol–water partition coefficient (Wildman–Crippen LogP) is 3.87. The van der Waals surface area contributed by atoms with Crippen LogP contribution >= 0.6 is 0 Å². The van der Waals surface area contributed by atoms with E-state index in [1.165, 1.54) is 0 Å². The fraction of sp³-hybridized carbons (Fsp3) is 0.200. The van der Waals surface area contributed by atoms with Gasteiger partial charge < -0.3 is 15.4 Å². The van der Waals surface area contributed by atoms with Crippen LogP contribution in [-0.2, 0) is 0 Å². The van der Waals surface area contributed by atoms with Crippen molar-refractivity contribution in [2.24, 2.45) is 0 Å². The van der Waals surface area contributed by atoms with Gasteiger partial charge >= 0.3 is 0 Å². The van der Waals surface area contributed by atoms with Gasteiger partial charge in [0.2, 0.25) is 0 Å². The van der Waals surface area contributed by atoms with Gasteiger partial charge in [-0.05, 0) is 43.3 Å². The van der Waals surface area contributed by atoms with Gasteiger partial charge in [0.1, 0.15) is 5.75 Å². The molecule has 0 unspecified atom stereocenters. The van der Waals surface area contributed by atoms with Crippen LogP contribution in [0.4, 0.5) is 17.1 Å². The summed E-state index contributed by atoms with van der Waals surface area (Å²) in [6.45, 7) is 2.65. The summed E-state index contributed by atoms with van der Waals surface area (Å²) in [7, 11) is 1.91. The normalized spacial score (nSPS) is 9.89. The molecule has 2 aromatic carbocycles. The first-order valence-electron chi connectivity index (χ1n) is 6.10. The van der Waals surface area contributed by atoms with Crippen molar-refractivity contribution >= 4 is 17.1 Å². The van der Waals surface area contributed by atoms with Crippen molar-refractivity contribution in [3.8, 4) is 5.75 Å². The Hall–Kier alpha value is -2.16. The molecule has 0 aromatic heterocycles. The Morgan fingerprint density at radius 1 is 0.944 bits per heavy atom. The Kier molecular flexibility index (Phi) is 4.07. The lowest BCUT2D eigenvalue weighted by molar-refractivity contribution is 0.342. The molecule has 0 atom stereocenters. The van der Waals surface area contributed by atoms with Gasteiger partial charge in [-0.2, -0.15) is 0 Å². The molecule has 3 nitrogen and oxygen atoms in total. The van der Waals surface area contributed by atoms with Gasteiger partial charge in [0.05, 0.1) is 12.3 Å². The monoisotopic (exact) mass is 242 g/mol. The number of hydrogen-bond acceptors (Lipinski definition) is 3. The maximum absolute atomic E-state index is 5.58. The van der Waals surface area contributed by atoms with Crippen LogP contribution in [-0.4, -0.2) is 13.7 Å². The van der Waals surface area contributed by atoms with Crippen LogP contribution < -0.4 is 15.4 Å². The number of hydrogen-bond donors (Lipinski definition) is 2. The second-order valence-corrected chi connectivity index (χ2v) is 3.88. The summed E-state index contributed by atoms with van der Waals surface area (Å²) in [4.78, 5) is 0. The second-order valence-electron chi connectivity index (χ2n) is 3.88. The zero-order valence-corrected chi connectivity index (χ0v) is 10.7. The van der Waals surface area contributed by atoms with E-state index in [0.717, 1.165) is 22.8 Å². The van der Waals surface area contributed by atoms with Crippen molar-refractivity contribution in [1.82, 2.24) is 0 Å². The quantitative estimate of drug-likeness (QED) is 0.835. The minimum Gasteiger partial charge on any atom is -0.492 e. The van der Waals surface area contributed by atoms with Crippen molar-refractivity contribution in [2.45, 2.75) is 6.92 Å². The summed E-state index contributed by atoms with van der Waals surface area (Å²) in [5.41, 5.74) is 3.12. The van der Waals surface area contributed by atoms with Gasteiger partial charge in [0.25, 0.3) is 0 Å². The number of rotatable bonds is 5. The molecule has 3 heteroatoms. The SMILES string of the molecule is CCOc1ccccc1Nc1ccc(NC)cc1. The molecule has 2 aromatic rings. The van der Waals surface area contributed by atoms with E-state index in [2.05, 4.69) is 10.6 Å². The third-order valence-electron chi connectivity index (χ3n) is 2.64. The van der Waals surface area contributed by atoms with E-state index in [4.69, 9.17) is 4.74 Å². The zero-order chi connectivity index (χ0) is 12.8.